The fourth-order valence-corrected chi connectivity index (χ4v) is 3.40. The molecule has 1 saturated heterocycles. The molecule has 1 aromatic carbocycles. The third kappa shape index (κ3) is 5.87. The molecule has 0 bridgehead atoms. The van der Waals surface area contributed by atoms with Crippen LogP contribution in [-0.2, 0) is 14.3 Å². The van der Waals surface area contributed by atoms with E-state index in [0.29, 0.717) is 30.2 Å². The average Bonchev–Trinajstić information content (AvgIpc) is 2.76. The van der Waals surface area contributed by atoms with Crippen LogP contribution in [0.15, 0.2) is 18.2 Å². The molecule has 0 radical (unpaired) electrons. The number of piperidine rings is 1. The third-order valence-electron chi connectivity index (χ3n) is 5.56. The monoisotopic (exact) mass is 420 g/mol. The largest absolute Gasteiger partial charge is 0.493 e. The van der Waals surface area contributed by atoms with Gasteiger partial charge in [0.1, 0.15) is 12.1 Å². The molecule has 1 aromatic rings. The first-order valence-corrected chi connectivity index (χ1v) is 10.3. The van der Waals surface area contributed by atoms with Gasteiger partial charge in [0, 0.05) is 38.4 Å². The van der Waals surface area contributed by atoms with Gasteiger partial charge in [0.2, 0.25) is 5.91 Å². The molecule has 1 aliphatic heterocycles. The molecule has 0 saturated carbocycles. The van der Waals surface area contributed by atoms with Gasteiger partial charge in [-0.05, 0) is 24.1 Å². The number of ether oxygens (including phenoxy) is 3. The molecule has 166 valence electrons. The highest BCUT2D eigenvalue weighted by molar-refractivity contribution is 5.97. The zero-order valence-electron chi connectivity index (χ0n) is 18.4. The van der Waals surface area contributed by atoms with Gasteiger partial charge in [0.15, 0.2) is 11.5 Å². The Balaban J connectivity index is 2.08. The minimum absolute atomic E-state index is 0.0247. The van der Waals surface area contributed by atoms with Gasteiger partial charge in [-0.2, -0.15) is 0 Å². The van der Waals surface area contributed by atoms with Gasteiger partial charge in [-0.3, -0.25) is 9.59 Å². The van der Waals surface area contributed by atoms with Crippen LogP contribution in [0.4, 0.5) is 0 Å². The van der Waals surface area contributed by atoms with Gasteiger partial charge >= 0.3 is 5.97 Å². The highest BCUT2D eigenvalue weighted by Gasteiger charge is 2.28. The Morgan fingerprint density at radius 2 is 1.83 bits per heavy atom. The summed E-state index contributed by atoms with van der Waals surface area (Å²) in [6, 6.07) is 4.21. The molecule has 2 amide bonds. The van der Waals surface area contributed by atoms with Gasteiger partial charge < -0.3 is 24.4 Å². The Hall–Kier alpha value is -2.77. The number of hydrogen-bond acceptors (Lipinski definition) is 6. The first-order valence-electron chi connectivity index (χ1n) is 10.3. The van der Waals surface area contributed by atoms with E-state index >= 15 is 0 Å². The smallest absolute Gasteiger partial charge is 0.328 e. The van der Waals surface area contributed by atoms with Gasteiger partial charge in [-0.1, -0.05) is 20.3 Å². The van der Waals surface area contributed by atoms with Crippen LogP contribution >= 0.6 is 0 Å². The summed E-state index contributed by atoms with van der Waals surface area (Å²) in [5.74, 6) is 0.138. The number of carbonyl (C=O) groups excluding carboxylic acids is 3. The number of rotatable bonds is 8. The molecule has 8 nitrogen and oxygen atoms in total. The summed E-state index contributed by atoms with van der Waals surface area (Å²) in [7, 11) is 2.82. The number of nitrogens with zero attached hydrogens (tertiary/aromatic N) is 1. The molecule has 1 aliphatic rings. The van der Waals surface area contributed by atoms with Crippen molar-refractivity contribution < 1.29 is 28.6 Å². The van der Waals surface area contributed by atoms with E-state index in [4.69, 9.17) is 14.2 Å². The lowest BCUT2D eigenvalue weighted by Gasteiger charge is -2.31. The number of hydrogen-bond donors (Lipinski definition) is 1. The van der Waals surface area contributed by atoms with Crippen LogP contribution in [0.5, 0.6) is 11.5 Å². The van der Waals surface area contributed by atoms with Gasteiger partial charge in [-0.25, -0.2) is 4.79 Å². The summed E-state index contributed by atoms with van der Waals surface area (Å²) in [5, 5.41) is 2.75. The second-order valence-electron chi connectivity index (χ2n) is 7.55. The van der Waals surface area contributed by atoms with E-state index in [1.54, 1.807) is 30.0 Å². The minimum Gasteiger partial charge on any atom is -0.493 e. The van der Waals surface area contributed by atoms with Crippen molar-refractivity contribution in [1.82, 2.24) is 10.2 Å². The standard InChI is InChI=1S/C22H32N2O6/c1-6-14(2)20(22(27)29-5)23-21(26)16-7-8-18(19(13-16)28-4)30-17-9-11-24(12-10-17)15(3)25/h7-8,13-14,17,20H,6,9-12H2,1-5H3,(H,23,26)/t14?,20-/m0/s1. The second-order valence-corrected chi connectivity index (χ2v) is 7.55. The molecular formula is C22H32N2O6. The molecule has 2 atom stereocenters. The number of amides is 2. The maximum Gasteiger partial charge on any atom is 0.328 e. The average molecular weight is 421 g/mol. The molecule has 8 heteroatoms. The van der Waals surface area contributed by atoms with Crippen LogP contribution in [0.25, 0.3) is 0 Å². The first kappa shape index (κ1) is 23.5. The Labute approximate surface area is 177 Å². The molecule has 1 N–H and O–H groups in total. The normalized spacial score (nSPS) is 16.4. The number of methoxy groups -OCH3 is 2. The van der Waals surface area contributed by atoms with Crippen molar-refractivity contribution in [3.05, 3.63) is 23.8 Å². The van der Waals surface area contributed by atoms with E-state index in [0.717, 1.165) is 19.3 Å². The molecule has 1 unspecified atom stereocenters. The Bertz CT molecular complexity index is 758. The van der Waals surface area contributed by atoms with Crippen LogP contribution in [0.2, 0.25) is 0 Å². The van der Waals surface area contributed by atoms with E-state index in [1.807, 2.05) is 13.8 Å². The molecule has 0 aliphatic carbocycles. The lowest BCUT2D eigenvalue weighted by molar-refractivity contribution is -0.144. The molecule has 1 heterocycles. The highest BCUT2D eigenvalue weighted by atomic mass is 16.5. The molecule has 0 spiro atoms. The van der Waals surface area contributed by atoms with Crippen molar-refractivity contribution in [3.63, 3.8) is 0 Å². The van der Waals surface area contributed by atoms with E-state index in [-0.39, 0.29) is 23.8 Å². The van der Waals surface area contributed by atoms with Crippen molar-refractivity contribution in [2.75, 3.05) is 27.3 Å². The van der Waals surface area contributed by atoms with Crippen molar-refractivity contribution in [2.45, 2.75) is 52.2 Å². The summed E-state index contributed by atoms with van der Waals surface area (Å²) in [5.41, 5.74) is 0.364. The molecule has 2 rings (SSSR count). The molecule has 0 aromatic heterocycles. The topological polar surface area (TPSA) is 94.2 Å². The summed E-state index contributed by atoms with van der Waals surface area (Å²) in [6.07, 6.45) is 2.17. The molecule has 30 heavy (non-hydrogen) atoms. The predicted octanol–water partition coefficient (Wildman–Crippen LogP) is 2.40. The third-order valence-corrected chi connectivity index (χ3v) is 5.56. The molecular weight excluding hydrogens is 388 g/mol. The summed E-state index contributed by atoms with van der Waals surface area (Å²) >= 11 is 0. The van der Waals surface area contributed by atoms with Crippen LogP contribution in [-0.4, -0.2) is 62.1 Å². The quantitative estimate of drug-likeness (QED) is 0.649. The van der Waals surface area contributed by atoms with Crippen molar-refractivity contribution in [1.29, 1.82) is 0 Å². The first-order chi connectivity index (χ1) is 14.3. The summed E-state index contributed by atoms with van der Waals surface area (Å²) in [6.45, 7) is 6.72. The zero-order chi connectivity index (χ0) is 22.3. The van der Waals surface area contributed by atoms with Crippen molar-refractivity contribution in [2.24, 2.45) is 5.92 Å². The maximum atomic E-state index is 12.7. The van der Waals surface area contributed by atoms with Gasteiger partial charge in [0.25, 0.3) is 5.91 Å². The fraction of sp³-hybridized carbons (Fsp3) is 0.591. The fourth-order valence-electron chi connectivity index (χ4n) is 3.40. The number of esters is 1. The Morgan fingerprint density at radius 3 is 2.37 bits per heavy atom. The van der Waals surface area contributed by atoms with Gasteiger partial charge in [0.05, 0.1) is 14.2 Å². The van der Waals surface area contributed by atoms with Crippen LogP contribution in [0.1, 0.15) is 50.4 Å². The minimum atomic E-state index is -0.721. The molecule has 1 fully saturated rings. The number of carbonyl (C=O) groups is 3. The van der Waals surface area contributed by atoms with E-state index in [1.165, 1.54) is 14.2 Å². The van der Waals surface area contributed by atoms with Crippen LogP contribution < -0.4 is 14.8 Å². The number of benzene rings is 1. The predicted molar refractivity (Wildman–Crippen MR) is 112 cm³/mol. The number of likely N-dealkylation sites (tertiary alicyclic amines) is 1. The van der Waals surface area contributed by atoms with Gasteiger partial charge in [-0.15, -0.1) is 0 Å². The van der Waals surface area contributed by atoms with Crippen LogP contribution in [0, 0.1) is 5.92 Å². The number of nitrogens with one attached hydrogen (secondary N) is 1. The van der Waals surface area contributed by atoms with E-state index in [9.17, 15) is 14.4 Å². The highest BCUT2D eigenvalue weighted by Crippen LogP contribution is 2.31. The second kappa shape index (κ2) is 10.8. The Kier molecular flexibility index (Phi) is 8.50. The van der Waals surface area contributed by atoms with Crippen LogP contribution in [0.3, 0.4) is 0 Å². The lowest BCUT2D eigenvalue weighted by Crippen LogP contribution is -2.45. The summed E-state index contributed by atoms with van der Waals surface area (Å²) in [4.78, 5) is 38.0. The van der Waals surface area contributed by atoms with Crippen molar-refractivity contribution in [3.8, 4) is 11.5 Å². The van der Waals surface area contributed by atoms with Crippen molar-refractivity contribution >= 4 is 17.8 Å². The summed E-state index contributed by atoms with van der Waals surface area (Å²) < 4.78 is 16.3. The van der Waals surface area contributed by atoms with E-state index < -0.39 is 12.0 Å². The SMILES string of the molecule is CCC(C)[C@H](NC(=O)c1ccc(OC2CCN(C(C)=O)CC2)c(OC)c1)C(=O)OC. The Morgan fingerprint density at radius 1 is 1.17 bits per heavy atom. The lowest BCUT2D eigenvalue weighted by atomic mass is 9.99. The zero-order valence-corrected chi connectivity index (χ0v) is 18.4. The van der Waals surface area contributed by atoms with E-state index in [2.05, 4.69) is 5.32 Å². The maximum absolute atomic E-state index is 12.7.